The van der Waals surface area contributed by atoms with Crippen molar-refractivity contribution in [3.8, 4) is 23.0 Å². The van der Waals surface area contributed by atoms with Gasteiger partial charge >= 0.3 is 0 Å². The molecule has 0 spiro atoms. The lowest BCUT2D eigenvalue weighted by atomic mass is 10.1. The Bertz CT molecular complexity index is 1240. The topological polar surface area (TPSA) is 78.9 Å². The van der Waals surface area contributed by atoms with Crippen LogP contribution in [0.4, 0.5) is 5.69 Å². The van der Waals surface area contributed by atoms with E-state index in [1.165, 1.54) is 12.3 Å². The van der Waals surface area contributed by atoms with Gasteiger partial charge in [0.2, 0.25) is 5.89 Å². The van der Waals surface area contributed by atoms with E-state index in [0.717, 1.165) is 21.1 Å². The van der Waals surface area contributed by atoms with Gasteiger partial charge in [0.1, 0.15) is 17.0 Å². The van der Waals surface area contributed by atoms with Crippen molar-refractivity contribution in [1.82, 2.24) is 4.98 Å². The standard InChI is InChI=1S/C22H16BrClN2O3/c1-11-5-18-20(6-12(11)2)29-22(26-18)16-9-15(3-4-19(16)27)25-10-13-7-14(23)8-17(24)21(13)28/h3-10,27-28H,1-2H3. The summed E-state index contributed by atoms with van der Waals surface area (Å²) in [5.74, 6) is 0.299. The van der Waals surface area contributed by atoms with Gasteiger partial charge in [-0.05, 0) is 67.4 Å². The molecule has 0 aliphatic rings. The van der Waals surface area contributed by atoms with Crippen molar-refractivity contribution < 1.29 is 14.6 Å². The maximum absolute atomic E-state index is 10.3. The molecule has 5 nitrogen and oxygen atoms in total. The summed E-state index contributed by atoms with van der Waals surface area (Å²) in [7, 11) is 0. The van der Waals surface area contributed by atoms with Crippen LogP contribution in [0.2, 0.25) is 5.02 Å². The molecule has 0 unspecified atom stereocenters. The van der Waals surface area contributed by atoms with E-state index in [1.54, 1.807) is 24.3 Å². The van der Waals surface area contributed by atoms with E-state index >= 15 is 0 Å². The van der Waals surface area contributed by atoms with Gasteiger partial charge in [0.05, 0.1) is 16.3 Å². The van der Waals surface area contributed by atoms with E-state index in [2.05, 4.69) is 25.9 Å². The van der Waals surface area contributed by atoms with Gasteiger partial charge in [-0.3, -0.25) is 4.99 Å². The third-order valence-corrected chi connectivity index (χ3v) is 5.37. The minimum Gasteiger partial charge on any atom is -0.507 e. The van der Waals surface area contributed by atoms with Crippen molar-refractivity contribution in [3.63, 3.8) is 0 Å². The van der Waals surface area contributed by atoms with E-state index in [4.69, 9.17) is 16.0 Å². The quantitative estimate of drug-likeness (QED) is 0.326. The Balaban J connectivity index is 1.73. The van der Waals surface area contributed by atoms with E-state index in [-0.39, 0.29) is 16.5 Å². The molecule has 0 atom stereocenters. The van der Waals surface area contributed by atoms with Crippen LogP contribution >= 0.6 is 27.5 Å². The zero-order valence-corrected chi connectivity index (χ0v) is 17.9. The van der Waals surface area contributed by atoms with Gasteiger partial charge in [0.25, 0.3) is 0 Å². The van der Waals surface area contributed by atoms with Gasteiger partial charge in [-0.15, -0.1) is 0 Å². The highest BCUT2D eigenvalue weighted by Gasteiger charge is 2.14. The zero-order chi connectivity index (χ0) is 20.7. The van der Waals surface area contributed by atoms with E-state index < -0.39 is 0 Å². The maximum atomic E-state index is 10.3. The van der Waals surface area contributed by atoms with Gasteiger partial charge in [0.15, 0.2) is 5.58 Å². The van der Waals surface area contributed by atoms with Crippen molar-refractivity contribution in [2.75, 3.05) is 0 Å². The van der Waals surface area contributed by atoms with E-state index in [1.807, 2.05) is 26.0 Å². The highest BCUT2D eigenvalue weighted by molar-refractivity contribution is 9.10. The number of rotatable bonds is 3. The molecule has 3 aromatic carbocycles. The number of nitrogens with zero attached hydrogens (tertiary/aromatic N) is 2. The molecular formula is C22H16BrClN2O3. The summed E-state index contributed by atoms with van der Waals surface area (Å²) in [5, 5.41) is 20.6. The lowest BCUT2D eigenvalue weighted by Crippen LogP contribution is -1.84. The Morgan fingerprint density at radius 3 is 2.62 bits per heavy atom. The first kappa shape index (κ1) is 19.5. The predicted molar refractivity (Wildman–Crippen MR) is 119 cm³/mol. The van der Waals surface area contributed by atoms with Crippen LogP contribution in [0, 0.1) is 13.8 Å². The molecule has 29 heavy (non-hydrogen) atoms. The molecular weight excluding hydrogens is 456 g/mol. The summed E-state index contributed by atoms with van der Waals surface area (Å²) in [6.45, 7) is 4.02. The third-order valence-electron chi connectivity index (χ3n) is 4.62. The molecule has 0 amide bonds. The molecule has 146 valence electrons. The van der Waals surface area contributed by atoms with Crippen LogP contribution in [0.15, 0.2) is 56.3 Å². The second-order valence-electron chi connectivity index (χ2n) is 6.71. The average Bonchev–Trinajstić information content (AvgIpc) is 3.07. The second kappa shape index (κ2) is 7.54. The molecule has 0 aliphatic heterocycles. The van der Waals surface area contributed by atoms with Crippen LogP contribution in [0.25, 0.3) is 22.6 Å². The fourth-order valence-electron chi connectivity index (χ4n) is 2.90. The molecule has 1 heterocycles. The number of phenols is 2. The summed E-state index contributed by atoms with van der Waals surface area (Å²) in [5.41, 5.74) is 5.07. The van der Waals surface area contributed by atoms with Gasteiger partial charge in [0, 0.05) is 16.3 Å². The van der Waals surface area contributed by atoms with Crippen LogP contribution in [-0.2, 0) is 0 Å². The largest absolute Gasteiger partial charge is 0.507 e. The first-order valence-electron chi connectivity index (χ1n) is 8.75. The zero-order valence-electron chi connectivity index (χ0n) is 15.6. The first-order valence-corrected chi connectivity index (χ1v) is 9.92. The summed E-state index contributed by atoms with van der Waals surface area (Å²) >= 11 is 9.33. The van der Waals surface area contributed by atoms with Crippen LogP contribution in [0.1, 0.15) is 16.7 Å². The van der Waals surface area contributed by atoms with Crippen molar-refractivity contribution in [3.05, 3.63) is 68.7 Å². The number of benzene rings is 3. The van der Waals surface area contributed by atoms with Crippen molar-refractivity contribution in [2.45, 2.75) is 13.8 Å². The number of fused-ring (bicyclic) bond motifs is 1. The normalized spacial score (nSPS) is 11.6. The van der Waals surface area contributed by atoms with E-state index in [9.17, 15) is 10.2 Å². The number of oxazole rings is 1. The van der Waals surface area contributed by atoms with Gasteiger partial charge < -0.3 is 14.6 Å². The molecule has 0 saturated heterocycles. The highest BCUT2D eigenvalue weighted by atomic mass is 79.9. The molecule has 1 aromatic heterocycles. The fraction of sp³-hybridized carbons (Fsp3) is 0.0909. The molecule has 0 bridgehead atoms. The molecule has 0 radical (unpaired) electrons. The fourth-order valence-corrected chi connectivity index (χ4v) is 3.73. The van der Waals surface area contributed by atoms with Crippen LogP contribution in [0.3, 0.4) is 0 Å². The minimum atomic E-state index is -0.0534. The van der Waals surface area contributed by atoms with Gasteiger partial charge in [-0.2, -0.15) is 0 Å². The maximum Gasteiger partial charge on any atom is 0.231 e. The molecule has 0 aliphatic carbocycles. The molecule has 0 fully saturated rings. The summed E-state index contributed by atoms with van der Waals surface area (Å²) in [4.78, 5) is 8.88. The number of halogens is 2. The Kier molecular flexibility index (Phi) is 5.06. The third kappa shape index (κ3) is 3.86. The molecule has 0 saturated carbocycles. The summed E-state index contributed by atoms with van der Waals surface area (Å²) in [6, 6.07) is 12.1. The van der Waals surface area contributed by atoms with Gasteiger partial charge in [-0.25, -0.2) is 4.98 Å². The molecule has 7 heteroatoms. The molecule has 4 rings (SSSR count). The number of hydrogen-bond acceptors (Lipinski definition) is 5. The summed E-state index contributed by atoms with van der Waals surface area (Å²) in [6.07, 6.45) is 1.50. The smallest absolute Gasteiger partial charge is 0.231 e. The van der Waals surface area contributed by atoms with Crippen molar-refractivity contribution in [2.24, 2.45) is 4.99 Å². The van der Waals surface area contributed by atoms with Crippen molar-refractivity contribution in [1.29, 1.82) is 0 Å². The number of phenolic OH excluding ortho intramolecular Hbond substituents is 2. The predicted octanol–water partition coefficient (Wildman–Crippen LogP) is 6.69. The van der Waals surface area contributed by atoms with Crippen LogP contribution in [-0.4, -0.2) is 21.4 Å². The summed E-state index contributed by atoms with van der Waals surface area (Å²) < 4.78 is 6.58. The highest BCUT2D eigenvalue weighted by Crippen LogP contribution is 2.35. The molecule has 4 aromatic rings. The molecule has 2 N–H and O–H groups in total. The Hall–Kier alpha value is -2.83. The average molecular weight is 472 g/mol. The van der Waals surface area contributed by atoms with Crippen LogP contribution in [0.5, 0.6) is 11.5 Å². The van der Waals surface area contributed by atoms with E-state index in [0.29, 0.717) is 28.3 Å². The minimum absolute atomic E-state index is 0.0392. The number of aliphatic imine (C=N–C) groups is 1. The Labute approximate surface area is 180 Å². The number of aromatic nitrogens is 1. The second-order valence-corrected chi connectivity index (χ2v) is 8.03. The SMILES string of the molecule is Cc1cc2nc(-c3cc(N=Cc4cc(Br)cc(Cl)c4O)ccc3O)oc2cc1C. The number of aromatic hydroxyl groups is 2. The number of aryl methyl sites for hydroxylation is 2. The van der Waals surface area contributed by atoms with Crippen molar-refractivity contribution >= 4 is 50.5 Å². The monoisotopic (exact) mass is 470 g/mol. The number of hydrogen-bond donors (Lipinski definition) is 2. The van der Waals surface area contributed by atoms with Crippen LogP contribution < -0.4 is 0 Å². The lowest BCUT2D eigenvalue weighted by molar-refractivity contribution is 0.473. The lowest BCUT2D eigenvalue weighted by Gasteiger charge is -2.04. The Morgan fingerprint density at radius 1 is 1.07 bits per heavy atom. The Morgan fingerprint density at radius 2 is 1.83 bits per heavy atom. The van der Waals surface area contributed by atoms with Gasteiger partial charge in [-0.1, -0.05) is 27.5 Å². The first-order chi connectivity index (χ1) is 13.8.